The maximum Gasteiger partial charge on any atom is 0.191 e. The van der Waals surface area contributed by atoms with Gasteiger partial charge in [-0.1, -0.05) is 19.1 Å². The Morgan fingerprint density at radius 1 is 1.38 bits per heavy atom. The normalized spacial score (nSPS) is 15.5. The Hall–Kier alpha value is -0.630. The second-order valence-corrected chi connectivity index (χ2v) is 5.99. The van der Waals surface area contributed by atoms with E-state index in [2.05, 4.69) is 22.9 Å². The topological polar surface area (TPSA) is 50.9 Å². The van der Waals surface area contributed by atoms with Crippen molar-refractivity contribution >= 4 is 41.7 Å². The number of ether oxygens (including phenoxy) is 1. The van der Waals surface area contributed by atoms with Gasteiger partial charge in [0.1, 0.15) is 5.75 Å². The fourth-order valence-corrected chi connectivity index (χ4v) is 2.92. The summed E-state index contributed by atoms with van der Waals surface area (Å²) in [4.78, 5) is 6.66. The number of nitrogens with zero attached hydrogens (tertiary/aromatic N) is 2. The van der Waals surface area contributed by atoms with Gasteiger partial charge in [-0.3, -0.25) is 0 Å². The second-order valence-electron chi connectivity index (χ2n) is 4.77. The van der Waals surface area contributed by atoms with Gasteiger partial charge in [0.15, 0.2) is 5.96 Å². The highest BCUT2D eigenvalue weighted by Crippen LogP contribution is 2.15. The lowest BCUT2D eigenvalue weighted by molar-refractivity contribution is 0.317. The molecule has 4 nitrogen and oxygen atoms in total. The van der Waals surface area contributed by atoms with Gasteiger partial charge >= 0.3 is 0 Å². The van der Waals surface area contributed by atoms with Crippen molar-refractivity contribution in [2.45, 2.75) is 19.9 Å². The first-order valence-electron chi connectivity index (χ1n) is 7.14. The summed E-state index contributed by atoms with van der Waals surface area (Å²) in [6, 6.07) is 8.08. The van der Waals surface area contributed by atoms with E-state index in [0.717, 1.165) is 48.9 Å². The molecule has 1 aromatic carbocycles. The van der Waals surface area contributed by atoms with Crippen LogP contribution in [0.5, 0.6) is 5.75 Å². The summed E-state index contributed by atoms with van der Waals surface area (Å²) in [5.41, 5.74) is 7.18. The highest BCUT2D eigenvalue weighted by atomic mass is 127. The second kappa shape index (κ2) is 10.2. The lowest BCUT2D eigenvalue weighted by Gasteiger charge is -2.27. The average molecular weight is 421 g/mol. The maximum atomic E-state index is 6.05. The van der Waals surface area contributed by atoms with Crippen molar-refractivity contribution in [2.75, 3.05) is 31.2 Å². The van der Waals surface area contributed by atoms with Crippen LogP contribution < -0.4 is 10.5 Å². The Morgan fingerprint density at radius 3 is 2.86 bits per heavy atom. The van der Waals surface area contributed by atoms with Crippen molar-refractivity contribution in [3.05, 3.63) is 29.8 Å². The molecule has 0 bridgehead atoms. The maximum absolute atomic E-state index is 6.05. The lowest BCUT2D eigenvalue weighted by atomic mass is 10.2. The standard InChI is InChI=1S/C15H23N3OS.HI/c1-2-8-19-14-5-3-4-13(11-14)12-17-15(16)18-6-9-20-10-7-18;/h3-5,11H,2,6-10,12H2,1H3,(H2,16,17);1H. The molecule has 2 rings (SSSR count). The van der Waals surface area contributed by atoms with Crippen LogP contribution >= 0.6 is 35.7 Å². The van der Waals surface area contributed by atoms with Crippen LogP contribution in [0.25, 0.3) is 0 Å². The van der Waals surface area contributed by atoms with Gasteiger partial charge in [-0.05, 0) is 24.1 Å². The molecule has 2 N–H and O–H groups in total. The average Bonchev–Trinajstić information content (AvgIpc) is 2.52. The van der Waals surface area contributed by atoms with E-state index in [9.17, 15) is 0 Å². The van der Waals surface area contributed by atoms with Gasteiger partial charge in [-0.2, -0.15) is 11.8 Å². The summed E-state index contributed by atoms with van der Waals surface area (Å²) in [6.07, 6.45) is 1.02. The number of aliphatic imine (C=N–C) groups is 1. The molecule has 1 saturated heterocycles. The molecule has 0 aliphatic carbocycles. The van der Waals surface area contributed by atoms with Crippen LogP contribution in [0.15, 0.2) is 29.3 Å². The first-order valence-corrected chi connectivity index (χ1v) is 8.29. The highest BCUT2D eigenvalue weighted by molar-refractivity contribution is 14.0. The molecule has 0 amide bonds. The number of halogens is 1. The summed E-state index contributed by atoms with van der Waals surface area (Å²) in [5, 5.41) is 0. The molecule has 1 aliphatic heterocycles. The summed E-state index contributed by atoms with van der Waals surface area (Å²) >= 11 is 1.97. The van der Waals surface area contributed by atoms with Crippen LogP contribution in [0, 0.1) is 0 Å². The minimum atomic E-state index is 0. The molecule has 118 valence electrons. The molecule has 0 saturated carbocycles. The minimum absolute atomic E-state index is 0. The number of hydrogen-bond donors (Lipinski definition) is 1. The molecule has 0 spiro atoms. The van der Waals surface area contributed by atoms with Crippen LogP contribution in [-0.4, -0.2) is 42.1 Å². The molecular weight excluding hydrogens is 397 g/mol. The van der Waals surface area contributed by atoms with Crippen LogP contribution in [-0.2, 0) is 6.54 Å². The van der Waals surface area contributed by atoms with Crippen LogP contribution in [0.3, 0.4) is 0 Å². The van der Waals surface area contributed by atoms with E-state index in [4.69, 9.17) is 10.5 Å². The van der Waals surface area contributed by atoms with Gasteiger partial charge < -0.3 is 15.4 Å². The summed E-state index contributed by atoms with van der Waals surface area (Å²) in [5.74, 6) is 3.84. The molecule has 6 heteroatoms. The number of rotatable bonds is 5. The van der Waals surface area contributed by atoms with E-state index >= 15 is 0 Å². The Balaban J connectivity index is 0.00000220. The molecule has 0 unspecified atom stereocenters. The molecule has 1 aliphatic rings. The third-order valence-corrected chi connectivity index (χ3v) is 4.07. The summed E-state index contributed by atoms with van der Waals surface area (Å²) in [7, 11) is 0. The first-order chi connectivity index (χ1) is 9.79. The quantitative estimate of drug-likeness (QED) is 0.451. The molecule has 0 radical (unpaired) electrons. The predicted octanol–water partition coefficient (Wildman–Crippen LogP) is 2.96. The van der Waals surface area contributed by atoms with E-state index in [0.29, 0.717) is 12.5 Å². The zero-order valence-electron chi connectivity index (χ0n) is 12.5. The third-order valence-electron chi connectivity index (χ3n) is 3.13. The number of nitrogens with two attached hydrogens (primary N) is 1. The van der Waals surface area contributed by atoms with Crippen molar-refractivity contribution in [3.63, 3.8) is 0 Å². The Kier molecular flexibility index (Phi) is 8.91. The molecule has 1 aromatic rings. The van der Waals surface area contributed by atoms with Crippen molar-refractivity contribution in [1.29, 1.82) is 0 Å². The molecule has 1 fully saturated rings. The van der Waals surface area contributed by atoms with E-state index < -0.39 is 0 Å². The van der Waals surface area contributed by atoms with Crippen molar-refractivity contribution in [2.24, 2.45) is 10.7 Å². The Bertz CT molecular complexity index is 450. The van der Waals surface area contributed by atoms with E-state index in [1.54, 1.807) is 0 Å². The van der Waals surface area contributed by atoms with Gasteiger partial charge in [-0.25, -0.2) is 4.99 Å². The van der Waals surface area contributed by atoms with Crippen LogP contribution in [0.2, 0.25) is 0 Å². The molecule has 21 heavy (non-hydrogen) atoms. The van der Waals surface area contributed by atoms with E-state index in [1.807, 2.05) is 30.0 Å². The van der Waals surface area contributed by atoms with Crippen LogP contribution in [0.4, 0.5) is 0 Å². The SMILES string of the molecule is CCCOc1cccc(CN=C(N)N2CCSCC2)c1.I. The summed E-state index contributed by atoms with van der Waals surface area (Å²) in [6.45, 7) is 5.46. The zero-order chi connectivity index (χ0) is 14.2. The van der Waals surface area contributed by atoms with Gasteiger partial charge in [0.25, 0.3) is 0 Å². The van der Waals surface area contributed by atoms with Crippen molar-refractivity contribution < 1.29 is 4.74 Å². The molecule has 0 atom stereocenters. The van der Waals surface area contributed by atoms with Gasteiger partial charge in [0, 0.05) is 24.6 Å². The predicted molar refractivity (Wildman–Crippen MR) is 102 cm³/mol. The highest BCUT2D eigenvalue weighted by Gasteiger charge is 2.11. The van der Waals surface area contributed by atoms with Crippen LogP contribution in [0.1, 0.15) is 18.9 Å². The first kappa shape index (κ1) is 18.4. The Labute approximate surface area is 148 Å². The van der Waals surface area contributed by atoms with Crippen molar-refractivity contribution in [3.8, 4) is 5.75 Å². The fraction of sp³-hybridized carbons (Fsp3) is 0.533. The monoisotopic (exact) mass is 421 g/mol. The molecule has 1 heterocycles. The van der Waals surface area contributed by atoms with Gasteiger partial charge in [0.05, 0.1) is 13.2 Å². The van der Waals surface area contributed by atoms with Crippen molar-refractivity contribution in [1.82, 2.24) is 4.90 Å². The van der Waals surface area contributed by atoms with E-state index in [1.165, 1.54) is 0 Å². The fourth-order valence-electron chi connectivity index (χ4n) is 2.02. The lowest BCUT2D eigenvalue weighted by Crippen LogP contribution is -2.42. The number of thioether (sulfide) groups is 1. The molecule has 0 aromatic heterocycles. The number of benzene rings is 1. The summed E-state index contributed by atoms with van der Waals surface area (Å²) < 4.78 is 5.63. The molecular formula is C15H24IN3OS. The third kappa shape index (κ3) is 6.34. The van der Waals surface area contributed by atoms with Gasteiger partial charge in [-0.15, -0.1) is 24.0 Å². The number of guanidine groups is 1. The minimum Gasteiger partial charge on any atom is -0.494 e. The van der Waals surface area contributed by atoms with E-state index in [-0.39, 0.29) is 24.0 Å². The number of hydrogen-bond acceptors (Lipinski definition) is 3. The largest absolute Gasteiger partial charge is 0.494 e. The Morgan fingerprint density at radius 2 is 2.14 bits per heavy atom. The zero-order valence-corrected chi connectivity index (χ0v) is 15.6. The van der Waals surface area contributed by atoms with Gasteiger partial charge in [0.2, 0.25) is 0 Å². The smallest absolute Gasteiger partial charge is 0.191 e.